The molecule has 11 heteroatoms. The summed E-state index contributed by atoms with van der Waals surface area (Å²) in [5.41, 5.74) is 1.29. The van der Waals surface area contributed by atoms with Crippen molar-refractivity contribution >= 4 is 17.7 Å². The van der Waals surface area contributed by atoms with Gasteiger partial charge in [-0.1, -0.05) is 12.1 Å². The Hall–Kier alpha value is -4.59. The molecule has 37 heavy (non-hydrogen) atoms. The van der Waals surface area contributed by atoms with Crippen LogP contribution in [0.25, 0.3) is 11.1 Å². The molecule has 0 saturated heterocycles. The maximum atomic E-state index is 13.6. The number of likely N-dealkylation sites (N-methyl/N-ethyl adjacent to an activating group) is 1. The zero-order chi connectivity index (χ0) is 26.9. The van der Waals surface area contributed by atoms with Gasteiger partial charge in [0.25, 0.3) is 0 Å². The van der Waals surface area contributed by atoms with Gasteiger partial charge in [-0.15, -0.1) is 0 Å². The van der Waals surface area contributed by atoms with E-state index in [0.29, 0.717) is 22.3 Å². The lowest BCUT2D eigenvalue weighted by molar-refractivity contribution is -0.139. The van der Waals surface area contributed by atoms with Crippen LogP contribution in [0.4, 0.5) is 23.7 Å². The van der Waals surface area contributed by atoms with Gasteiger partial charge in [-0.3, -0.25) is 10.00 Å². The second-order valence-electron chi connectivity index (χ2n) is 8.30. The summed E-state index contributed by atoms with van der Waals surface area (Å²) >= 11 is 0. The predicted molar refractivity (Wildman–Crippen MR) is 128 cm³/mol. The molecule has 1 aromatic heterocycles. The van der Waals surface area contributed by atoms with E-state index < -0.39 is 29.8 Å². The molecule has 1 unspecified atom stereocenters. The second-order valence-corrected chi connectivity index (χ2v) is 8.30. The lowest BCUT2D eigenvalue weighted by atomic mass is 9.87. The van der Waals surface area contributed by atoms with E-state index >= 15 is 0 Å². The van der Waals surface area contributed by atoms with E-state index in [9.17, 15) is 28.0 Å². The SMILES string of the molecule is CCOC(=O)C1=C(C)N(c2cccc(C(F)(F)F)c2)C(=O)N(C)C1c1ccc(C#N)cc1-c1cn[nH]c1. The minimum absolute atomic E-state index is 0.0423. The summed E-state index contributed by atoms with van der Waals surface area (Å²) < 4.78 is 45.5. The fourth-order valence-corrected chi connectivity index (χ4v) is 4.39. The van der Waals surface area contributed by atoms with Crippen LogP contribution in [0.15, 0.2) is 66.1 Å². The van der Waals surface area contributed by atoms with Crippen LogP contribution in [0.1, 0.15) is 36.6 Å². The van der Waals surface area contributed by atoms with E-state index in [2.05, 4.69) is 16.3 Å². The Morgan fingerprint density at radius 1 is 1.24 bits per heavy atom. The van der Waals surface area contributed by atoms with Crippen LogP contribution in [0, 0.1) is 11.3 Å². The average molecular weight is 509 g/mol. The summed E-state index contributed by atoms with van der Waals surface area (Å²) in [6.45, 7) is 3.17. The number of rotatable bonds is 5. The van der Waals surface area contributed by atoms with Gasteiger partial charge in [0.05, 0.1) is 47.3 Å². The summed E-state index contributed by atoms with van der Waals surface area (Å²) in [6.07, 6.45) is -1.47. The second kappa shape index (κ2) is 9.81. The monoisotopic (exact) mass is 509 g/mol. The molecule has 190 valence electrons. The highest BCUT2D eigenvalue weighted by Gasteiger charge is 2.42. The molecule has 1 aliphatic rings. The van der Waals surface area contributed by atoms with Crippen LogP contribution in [0.3, 0.4) is 0 Å². The van der Waals surface area contributed by atoms with Crippen LogP contribution < -0.4 is 4.90 Å². The van der Waals surface area contributed by atoms with Crippen molar-refractivity contribution in [1.82, 2.24) is 15.1 Å². The largest absolute Gasteiger partial charge is 0.463 e. The molecule has 4 rings (SSSR count). The maximum absolute atomic E-state index is 13.6. The zero-order valence-electron chi connectivity index (χ0n) is 20.1. The molecule has 0 spiro atoms. The number of H-pyrrole nitrogens is 1. The number of anilines is 1. The van der Waals surface area contributed by atoms with Crippen LogP contribution in [0.5, 0.6) is 0 Å². The van der Waals surface area contributed by atoms with E-state index in [-0.39, 0.29) is 23.6 Å². The predicted octanol–water partition coefficient (Wildman–Crippen LogP) is 5.42. The van der Waals surface area contributed by atoms with Crippen molar-refractivity contribution in [2.75, 3.05) is 18.6 Å². The van der Waals surface area contributed by atoms with Crippen molar-refractivity contribution in [3.63, 3.8) is 0 Å². The smallest absolute Gasteiger partial charge is 0.416 e. The lowest BCUT2D eigenvalue weighted by Gasteiger charge is -2.41. The molecular formula is C26H22F3N5O3. The first-order valence-corrected chi connectivity index (χ1v) is 11.2. The first kappa shape index (κ1) is 25.5. The summed E-state index contributed by atoms with van der Waals surface area (Å²) in [5, 5.41) is 16.1. The summed E-state index contributed by atoms with van der Waals surface area (Å²) in [6, 6.07) is 9.64. The maximum Gasteiger partial charge on any atom is 0.416 e. The Morgan fingerprint density at radius 2 is 2.00 bits per heavy atom. The van der Waals surface area contributed by atoms with E-state index in [1.54, 1.807) is 37.5 Å². The van der Waals surface area contributed by atoms with Crippen LogP contribution >= 0.6 is 0 Å². The summed E-state index contributed by atoms with van der Waals surface area (Å²) in [4.78, 5) is 29.3. The molecule has 0 saturated carbocycles. The van der Waals surface area contributed by atoms with Crippen molar-refractivity contribution < 1.29 is 27.5 Å². The highest BCUT2D eigenvalue weighted by molar-refractivity contribution is 6.03. The molecule has 8 nitrogen and oxygen atoms in total. The minimum atomic E-state index is -4.62. The molecule has 3 aromatic rings. The number of halogens is 3. The third-order valence-electron chi connectivity index (χ3n) is 6.09. The molecule has 0 radical (unpaired) electrons. The third kappa shape index (κ3) is 4.65. The van der Waals surface area contributed by atoms with Gasteiger partial charge in [0, 0.05) is 24.5 Å². The number of nitrogens with zero attached hydrogens (tertiary/aromatic N) is 4. The number of ether oxygens (including phenoxy) is 1. The van der Waals surface area contributed by atoms with Crippen molar-refractivity contribution in [3.8, 4) is 17.2 Å². The van der Waals surface area contributed by atoms with Gasteiger partial charge in [0.1, 0.15) is 0 Å². The van der Waals surface area contributed by atoms with Gasteiger partial charge in [-0.05, 0) is 55.3 Å². The van der Waals surface area contributed by atoms with Crippen molar-refractivity contribution in [3.05, 3.63) is 82.8 Å². The van der Waals surface area contributed by atoms with Crippen molar-refractivity contribution in [2.45, 2.75) is 26.1 Å². The number of nitriles is 1. The number of nitrogens with one attached hydrogen (secondary N) is 1. The fourth-order valence-electron chi connectivity index (χ4n) is 4.39. The number of carbonyl (C=O) groups is 2. The highest BCUT2D eigenvalue weighted by Crippen LogP contribution is 2.43. The topological polar surface area (TPSA) is 102 Å². The number of allylic oxidation sites excluding steroid dienone is 1. The third-order valence-corrected chi connectivity index (χ3v) is 6.09. The Morgan fingerprint density at radius 3 is 2.62 bits per heavy atom. The van der Waals surface area contributed by atoms with Crippen molar-refractivity contribution in [1.29, 1.82) is 5.26 Å². The molecule has 2 heterocycles. The van der Waals surface area contributed by atoms with Gasteiger partial charge in [0.2, 0.25) is 0 Å². The highest BCUT2D eigenvalue weighted by atomic mass is 19.4. The first-order valence-electron chi connectivity index (χ1n) is 11.2. The van der Waals surface area contributed by atoms with E-state index in [1.165, 1.54) is 31.0 Å². The summed E-state index contributed by atoms with van der Waals surface area (Å²) in [7, 11) is 1.45. The number of benzene rings is 2. The number of urea groups is 1. The van der Waals surface area contributed by atoms with Gasteiger partial charge in [-0.2, -0.15) is 23.5 Å². The Balaban J connectivity index is 1.96. The normalized spacial score (nSPS) is 16.1. The molecule has 0 bridgehead atoms. The number of aromatic nitrogens is 2. The molecule has 1 N–H and O–H groups in total. The number of carbonyl (C=O) groups excluding carboxylic acids is 2. The fraction of sp³-hybridized carbons (Fsp3) is 0.231. The average Bonchev–Trinajstić information content (AvgIpc) is 3.40. The van der Waals surface area contributed by atoms with Crippen molar-refractivity contribution in [2.24, 2.45) is 0 Å². The molecule has 2 aromatic carbocycles. The number of hydrogen-bond donors (Lipinski definition) is 1. The van der Waals surface area contributed by atoms with Gasteiger partial charge >= 0.3 is 18.2 Å². The van der Waals surface area contributed by atoms with E-state index in [0.717, 1.165) is 17.0 Å². The van der Waals surface area contributed by atoms with E-state index in [1.807, 2.05) is 0 Å². The Bertz CT molecular complexity index is 1420. The number of alkyl halides is 3. The summed E-state index contributed by atoms with van der Waals surface area (Å²) in [5.74, 6) is -0.719. The Kier molecular flexibility index (Phi) is 6.76. The number of amides is 2. The van der Waals surface area contributed by atoms with Gasteiger partial charge in [0.15, 0.2) is 0 Å². The zero-order valence-corrected chi connectivity index (χ0v) is 20.1. The minimum Gasteiger partial charge on any atom is -0.463 e. The molecule has 2 amide bonds. The molecule has 1 atom stereocenters. The number of hydrogen-bond acceptors (Lipinski definition) is 5. The standard InChI is InChI=1S/C26H22F3N5O3/c1-4-37-24(35)22-15(2)34(19-7-5-6-18(11-19)26(27,28)29)25(36)33(3)23(22)20-9-8-16(12-30)10-21(20)17-13-31-32-14-17/h5-11,13-14,23H,4H2,1-3H3,(H,31,32). The first-order chi connectivity index (χ1) is 17.6. The quantitative estimate of drug-likeness (QED) is 0.463. The van der Waals surface area contributed by atoms with Crippen LogP contribution in [0.2, 0.25) is 0 Å². The van der Waals surface area contributed by atoms with E-state index in [4.69, 9.17) is 4.74 Å². The molecule has 0 aliphatic carbocycles. The van der Waals surface area contributed by atoms with Crippen LogP contribution in [-0.4, -0.2) is 40.8 Å². The van der Waals surface area contributed by atoms with Crippen LogP contribution in [-0.2, 0) is 15.7 Å². The lowest BCUT2D eigenvalue weighted by Crippen LogP contribution is -2.49. The number of aromatic amines is 1. The number of esters is 1. The van der Waals surface area contributed by atoms with Gasteiger partial charge < -0.3 is 9.64 Å². The molecule has 1 aliphatic heterocycles. The molecular weight excluding hydrogens is 487 g/mol. The Labute approximate surface area is 210 Å². The van der Waals surface area contributed by atoms with Gasteiger partial charge in [-0.25, -0.2) is 9.59 Å². The molecule has 0 fully saturated rings.